The first kappa shape index (κ1) is 32.6. The van der Waals surface area contributed by atoms with E-state index in [0.717, 1.165) is 11.3 Å². The van der Waals surface area contributed by atoms with Crippen molar-refractivity contribution in [1.82, 2.24) is 35.4 Å². The van der Waals surface area contributed by atoms with Crippen molar-refractivity contribution >= 4 is 88.3 Å². The lowest BCUT2D eigenvalue weighted by Crippen LogP contribution is -2.74. The fourth-order valence-electron chi connectivity index (χ4n) is 3.62. The molecule has 0 aliphatic carbocycles. The lowest BCUT2D eigenvalue weighted by molar-refractivity contribution is -0.157. The van der Waals surface area contributed by atoms with Crippen molar-refractivity contribution in [2.75, 3.05) is 36.9 Å². The van der Waals surface area contributed by atoms with Crippen molar-refractivity contribution in [3.05, 3.63) is 23.7 Å². The average Bonchev–Trinajstić information content (AvgIpc) is 3.52. The molecule has 0 saturated carbocycles. The monoisotopic (exact) mass is 640 g/mol. The molecule has 2 aromatic rings. The Morgan fingerprint density at radius 3 is 2.85 bits per heavy atom. The maximum absolute atomic E-state index is 13.0. The van der Waals surface area contributed by atoms with E-state index in [1.165, 1.54) is 33.1 Å². The standard InChI is InChI=1S/C19H24N10O5S3.2ClH/c1-2-4-29-18(24-26-27-29)37-9-19(16(32)33)7-28-14(31)12(15(28)36-8-19)23-13(30)11(25-34-5-3-20)10-6-35-17(21)22-10;;/h2,6,12,15H,1,3-5,7-9,20H2,(H2,21,22)(H,23,30)(H,32,33);2*1H/t12?,15-,19?;;/m1../s1. The van der Waals surface area contributed by atoms with Gasteiger partial charge in [0.25, 0.3) is 5.91 Å². The molecule has 6 N–H and O–H groups in total. The number of β-lactam (4-membered cyclic amide) rings is 1. The number of nitrogens with one attached hydrogen (secondary N) is 1. The number of nitrogens with two attached hydrogens (primary N) is 2. The van der Waals surface area contributed by atoms with Crippen LogP contribution in [0.15, 0.2) is 28.3 Å². The highest BCUT2D eigenvalue weighted by Crippen LogP contribution is 2.44. The normalized spacial score (nSPS) is 22.0. The van der Waals surface area contributed by atoms with Gasteiger partial charge >= 0.3 is 5.97 Å². The van der Waals surface area contributed by atoms with Crippen molar-refractivity contribution in [2.45, 2.75) is 23.1 Å². The van der Waals surface area contributed by atoms with Gasteiger partial charge in [0, 0.05) is 30.0 Å². The SMILES string of the molecule is C=CCn1nnnc1SCC1(C(=O)O)CS[C@@H]2C(NC(=O)C(=NOCCN)c3csc(N)n3)C(=O)N2C1.Cl.Cl. The summed E-state index contributed by atoms with van der Waals surface area (Å²) in [5.74, 6) is -1.71. The highest BCUT2D eigenvalue weighted by molar-refractivity contribution is 8.00. The first-order chi connectivity index (χ1) is 17.8. The molecule has 2 saturated heterocycles. The van der Waals surface area contributed by atoms with Gasteiger partial charge in [-0.3, -0.25) is 14.4 Å². The number of hydrogen-bond donors (Lipinski definition) is 4. The highest BCUT2D eigenvalue weighted by atomic mass is 35.5. The molecule has 214 valence electrons. The quantitative estimate of drug-likeness (QED) is 0.0585. The summed E-state index contributed by atoms with van der Waals surface area (Å²) in [6.45, 7) is 4.30. The van der Waals surface area contributed by atoms with E-state index in [1.54, 1.807) is 11.5 Å². The number of hydrogen-bond acceptors (Lipinski definition) is 14. The number of carboxylic acid groups (broad SMARTS) is 1. The van der Waals surface area contributed by atoms with Gasteiger partial charge < -0.3 is 31.6 Å². The second-order valence-corrected chi connectivity index (χ2v) is 11.0. The molecule has 20 heteroatoms. The van der Waals surface area contributed by atoms with Crippen LogP contribution in [0.2, 0.25) is 0 Å². The number of thiazole rings is 1. The van der Waals surface area contributed by atoms with E-state index in [9.17, 15) is 19.5 Å². The highest BCUT2D eigenvalue weighted by Gasteiger charge is 2.57. The van der Waals surface area contributed by atoms with Gasteiger partial charge in [0.2, 0.25) is 11.1 Å². The minimum atomic E-state index is -1.22. The van der Waals surface area contributed by atoms with Crippen LogP contribution in [-0.4, -0.2) is 101 Å². The Bertz CT molecular complexity index is 1230. The van der Waals surface area contributed by atoms with Crippen LogP contribution in [0.4, 0.5) is 5.13 Å². The van der Waals surface area contributed by atoms with Crippen molar-refractivity contribution in [3.8, 4) is 0 Å². The van der Waals surface area contributed by atoms with Crippen LogP contribution in [0.1, 0.15) is 5.69 Å². The number of rotatable bonds is 12. The van der Waals surface area contributed by atoms with Crippen molar-refractivity contribution in [1.29, 1.82) is 0 Å². The number of fused-ring (bicyclic) bond motifs is 1. The Labute approximate surface area is 247 Å². The molecule has 2 unspecified atom stereocenters. The van der Waals surface area contributed by atoms with E-state index in [2.05, 4.69) is 37.6 Å². The Kier molecular flexibility index (Phi) is 11.8. The predicted octanol–water partition coefficient (Wildman–Crippen LogP) is -0.316. The van der Waals surface area contributed by atoms with Gasteiger partial charge in [0.15, 0.2) is 10.8 Å². The summed E-state index contributed by atoms with van der Waals surface area (Å²) in [7, 11) is 0. The zero-order valence-corrected chi connectivity index (χ0v) is 24.2. The molecule has 4 heterocycles. The Balaban J connectivity index is 0.00000267. The van der Waals surface area contributed by atoms with Crippen molar-refractivity contribution in [2.24, 2.45) is 16.3 Å². The number of carbonyl (C=O) groups is 3. The smallest absolute Gasteiger partial charge is 0.313 e. The largest absolute Gasteiger partial charge is 0.481 e. The molecular weight excluding hydrogens is 615 g/mol. The van der Waals surface area contributed by atoms with Gasteiger partial charge in [-0.25, -0.2) is 9.67 Å². The van der Waals surface area contributed by atoms with Crippen LogP contribution in [0.25, 0.3) is 0 Å². The molecule has 0 radical (unpaired) electrons. The minimum absolute atomic E-state index is 0. The zero-order valence-electron chi connectivity index (χ0n) is 20.2. The molecule has 4 rings (SSSR count). The Morgan fingerprint density at radius 1 is 1.44 bits per heavy atom. The summed E-state index contributed by atoms with van der Waals surface area (Å²) < 4.78 is 1.51. The van der Waals surface area contributed by atoms with Gasteiger partial charge in [-0.05, 0) is 10.4 Å². The molecule has 0 spiro atoms. The third-order valence-corrected chi connectivity index (χ3v) is 9.02. The summed E-state index contributed by atoms with van der Waals surface area (Å²) >= 11 is 3.62. The van der Waals surface area contributed by atoms with Crippen LogP contribution in [0.5, 0.6) is 0 Å². The fourth-order valence-corrected chi connectivity index (χ4v) is 6.91. The first-order valence-corrected chi connectivity index (χ1v) is 13.8. The maximum Gasteiger partial charge on any atom is 0.313 e. The second kappa shape index (κ2) is 14.1. The van der Waals surface area contributed by atoms with E-state index in [1.807, 2.05) is 0 Å². The number of aromatic nitrogens is 5. The molecule has 2 aliphatic rings. The number of tetrazole rings is 1. The number of carboxylic acids is 1. The molecule has 0 aromatic carbocycles. The minimum Gasteiger partial charge on any atom is -0.481 e. The molecule has 39 heavy (non-hydrogen) atoms. The molecular formula is C19H26Cl2N10O5S3. The van der Waals surface area contributed by atoms with Crippen molar-refractivity contribution < 1.29 is 24.3 Å². The summed E-state index contributed by atoms with van der Waals surface area (Å²) in [5, 5.41) is 29.8. The van der Waals surface area contributed by atoms with E-state index in [4.69, 9.17) is 16.3 Å². The molecule has 2 aromatic heterocycles. The van der Waals surface area contributed by atoms with E-state index < -0.39 is 34.6 Å². The lowest BCUT2D eigenvalue weighted by Gasteiger charge is -2.53. The number of amides is 2. The number of nitrogens with zero attached hydrogens (tertiary/aromatic N) is 7. The molecule has 2 aliphatic heterocycles. The number of oxime groups is 1. The number of anilines is 1. The topological polar surface area (TPSA) is 217 Å². The van der Waals surface area contributed by atoms with Gasteiger partial charge in [-0.15, -0.1) is 59.6 Å². The predicted molar refractivity (Wildman–Crippen MR) is 151 cm³/mol. The molecule has 2 amide bonds. The summed E-state index contributed by atoms with van der Waals surface area (Å²) in [6.07, 6.45) is 1.63. The Morgan fingerprint density at radius 2 is 2.21 bits per heavy atom. The van der Waals surface area contributed by atoms with Crippen LogP contribution in [0.3, 0.4) is 0 Å². The fraction of sp³-hybridized carbons (Fsp3) is 0.474. The molecule has 0 bridgehead atoms. The number of nitrogen functional groups attached to an aromatic ring is 1. The Hall–Kier alpha value is -2.64. The van der Waals surface area contributed by atoms with Crippen LogP contribution >= 0.6 is 59.7 Å². The van der Waals surface area contributed by atoms with Crippen LogP contribution < -0.4 is 16.8 Å². The van der Waals surface area contributed by atoms with E-state index in [-0.39, 0.29) is 72.6 Å². The van der Waals surface area contributed by atoms with Gasteiger partial charge in [0.05, 0.1) is 6.54 Å². The van der Waals surface area contributed by atoms with Crippen molar-refractivity contribution in [3.63, 3.8) is 0 Å². The average molecular weight is 642 g/mol. The number of carbonyl (C=O) groups excluding carboxylic acids is 2. The summed E-state index contributed by atoms with van der Waals surface area (Å²) in [4.78, 5) is 48.8. The van der Waals surface area contributed by atoms with Gasteiger partial charge in [-0.1, -0.05) is 23.0 Å². The maximum atomic E-state index is 13.0. The number of thioether (sulfide) groups is 2. The number of aliphatic carboxylic acids is 1. The summed E-state index contributed by atoms with van der Waals surface area (Å²) in [5.41, 5.74) is 9.94. The third kappa shape index (κ3) is 6.93. The van der Waals surface area contributed by atoms with E-state index >= 15 is 0 Å². The first-order valence-electron chi connectivity index (χ1n) is 10.9. The number of halogens is 2. The lowest BCUT2D eigenvalue weighted by atomic mass is 9.89. The molecule has 3 atom stereocenters. The molecule has 15 nitrogen and oxygen atoms in total. The van der Waals surface area contributed by atoms with E-state index in [0.29, 0.717) is 11.7 Å². The second-order valence-electron chi connectivity index (χ2n) is 8.06. The van der Waals surface area contributed by atoms with Gasteiger partial charge in [0.1, 0.15) is 29.1 Å². The summed E-state index contributed by atoms with van der Waals surface area (Å²) in [6, 6.07) is -0.854. The van der Waals surface area contributed by atoms with Crippen LogP contribution in [-0.2, 0) is 25.8 Å². The zero-order chi connectivity index (χ0) is 26.6. The third-order valence-electron chi connectivity index (χ3n) is 5.51. The van der Waals surface area contributed by atoms with Crippen LogP contribution in [0, 0.1) is 5.41 Å². The number of allylic oxidation sites excluding steroid dienone is 1. The molecule has 2 fully saturated rings. The van der Waals surface area contributed by atoms with Gasteiger partial charge in [-0.2, -0.15) is 0 Å².